The van der Waals surface area contributed by atoms with Crippen LogP contribution in [0.25, 0.3) is 4.91 Å². The normalized spacial score (nSPS) is 13.7. The fourth-order valence-corrected chi connectivity index (χ4v) is 3.79. The summed E-state index contributed by atoms with van der Waals surface area (Å²) < 4.78 is 18.9. The largest absolute Gasteiger partial charge is 0.463 e. The number of carbonyl (C=O) groups excluding carboxylic acids is 1. The maximum absolute atomic E-state index is 13.7. The van der Waals surface area contributed by atoms with E-state index < -0.39 is 0 Å². The van der Waals surface area contributed by atoms with Crippen molar-refractivity contribution in [3.05, 3.63) is 71.0 Å². The number of ether oxygens (including phenoxy) is 1. The predicted octanol–water partition coefficient (Wildman–Crippen LogP) is 4.84. The summed E-state index contributed by atoms with van der Waals surface area (Å²) in [6, 6.07) is 14.6. The first-order chi connectivity index (χ1) is 11.2. The van der Waals surface area contributed by atoms with Crippen LogP contribution < -0.4 is 0 Å². The van der Waals surface area contributed by atoms with Crippen LogP contribution in [0.15, 0.2) is 59.0 Å². The first-order valence-electron chi connectivity index (χ1n) is 7.61. The van der Waals surface area contributed by atoms with Gasteiger partial charge in [0.1, 0.15) is 5.82 Å². The molecule has 23 heavy (non-hydrogen) atoms. The Kier molecular flexibility index (Phi) is 4.82. The Balaban J connectivity index is 2.08. The number of benzene rings is 2. The topological polar surface area (TPSA) is 26.3 Å². The number of esters is 1. The van der Waals surface area contributed by atoms with Crippen LogP contribution in [0.1, 0.15) is 24.5 Å². The summed E-state index contributed by atoms with van der Waals surface area (Å²) in [5, 5.41) is 0. The van der Waals surface area contributed by atoms with E-state index in [1.165, 1.54) is 23.9 Å². The Labute approximate surface area is 139 Å². The highest BCUT2D eigenvalue weighted by atomic mass is 32.2. The number of rotatable bonds is 4. The quantitative estimate of drug-likeness (QED) is 0.751. The molecule has 0 saturated heterocycles. The van der Waals surface area contributed by atoms with E-state index in [-0.39, 0.29) is 11.8 Å². The number of fused-ring (bicyclic) bond motifs is 1. The van der Waals surface area contributed by atoms with E-state index in [0.29, 0.717) is 18.6 Å². The van der Waals surface area contributed by atoms with Crippen LogP contribution in [0, 0.1) is 5.82 Å². The average Bonchev–Trinajstić information content (AvgIpc) is 2.56. The lowest BCUT2D eigenvalue weighted by atomic mass is 9.92. The van der Waals surface area contributed by atoms with E-state index in [2.05, 4.69) is 0 Å². The van der Waals surface area contributed by atoms with Crippen LogP contribution >= 0.6 is 11.8 Å². The summed E-state index contributed by atoms with van der Waals surface area (Å²) in [5.41, 5.74) is 2.50. The molecule has 0 spiro atoms. The van der Waals surface area contributed by atoms with E-state index in [0.717, 1.165) is 27.3 Å². The van der Waals surface area contributed by atoms with Crippen molar-refractivity contribution in [1.29, 1.82) is 0 Å². The smallest absolute Gasteiger partial charge is 0.335 e. The lowest BCUT2D eigenvalue weighted by Crippen LogP contribution is -2.14. The fraction of sp³-hybridized carbons (Fsp3) is 0.211. The van der Waals surface area contributed by atoms with Gasteiger partial charge in [-0.25, -0.2) is 9.18 Å². The van der Waals surface area contributed by atoms with Crippen molar-refractivity contribution in [3.8, 4) is 0 Å². The van der Waals surface area contributed by atoms with Gasteiger partial charge in [-0.3, -0.25) is 0 Å². The zero-order chi connectivity index (χ0) is 16.2. The Morgan fingerprint density at radius 1 is 1.17 bits per heavy atom. The van der Waals surface area contributed by atoms with Crippen molar-refractivity contribution in [3.63, 3.8) is 0 Å². The van der Waals surface area contributed by atoms with E-state index in [1.54, 1.807) is 13.0 Å². The molecule has 3 rings (SSSR count). The van der Waals surface area contributed by atoms with Gasteiger partial charge in [-0.05, 0) is 55.2 Å². The standard InChI is InChI=1S/C19H17FO2S/c1-2-22-19(21)16-11-9-13-8-10-14(20)12-17(13)18(16)23-15-6-4-3-5-7-15/h3-8,10,12H,2,9,11H2,1H3. The Bertz CT molecular complexity index is 753. The van der Waals surface area contributed by atoms with E-state index >= 15 is 0 Å². The van der Waals surface area contributed by atoms with E-state index in [1.807, 2.05) is 30.3 Å². The fourth-order valence-electron chi connectivity index (χ4n) is 2.65. The van der Waals surface area contributed by atoms with Gasteiger partial charge in [-0.15, -0.1) is 0 Å². The Morgan fingerprint density at radius 2 is 1.96 bits per heavy atom. The van der Waals surface area contributed by atoms with Crippen molar-refractivity contribution >= 4 is 22.6 Å². The summed E-state index contributed by atoms with van der Waals surface area (Å²) in [6.07, 6.45) is 1.34. The second-order valence-corrected chi connectivity index (χ2v) is 6.33. The number of hydrogen-bond donors (Lipinski definition) is 0. The summed E-state index contributed by atoms with van der Waals surface area (Å²) in [5.74, 6) is -0.596. The zero-order valence-electron chi connectivity index (χ0n) is 12.8. The van der Waals surface area contributed by atoms with E-state index in [9.17, 15) is 9.18 Å². The maximum Gasteiger partial charge on any atom is 0.335 e. The molecule has 2 nitrogen and oxygen atoms in total. The number of thioether (sulfide) groups is 1. The molecular weight excluding hydrogens is 311 g/mol. The molecule has 0 amide bonds. The van der Waals surface area contributed by atoms with Gasteiger partial charge in [-0.2, -0.15) is 0 Å². The molecule has 4 heteroatoms. The summed E-state index contributed by atoms with van der Waals surface area (Å²) in [6.45, 7) is 2.13. The van der Waals surface area contributed by atoms with Crippen LogP contribution in [-0.2, 0) is 16.0 Å². The monoisotopic (exact) mass is 328 g/mol. The van der Waals surface area contributed by atoms with Gasteiger partial charge < -0.3 is 4.74 Å². The highest BCUT2D eigenvalue weighted by Gasteiger charge is 2.25. The molecule has 0 bridgehead atoms. The van der Waals surface area contributed by atoms with Gasteiger partial charge in [0, 0.05) is 9.80 Å². The van der Waals surface area contributed by atoms with Crippen LogP contribution in [0.5, 0.6) is 0 Å². The maximum atomic E-state index is 13.7. The first kappa shape index (κ1) is 15.8. The molecule has 0 saturated carbocycles. The van der Waals surface area contributed by atoms with Crippen LogP contribution in [0.2, 0.25) is 0 Å². The van der Waals surface area contributed by atoms with Gasteiger partial charge in [0.25, 0.3) is 0 Å². The Morgan fingerprint density at radius 3 is 2.70 bits per heavy atom. The minimum atomic E-state index is -0.305. The average molecular weight is 328 g/mol. The molecule has 2 aromatic carbocycles. The Hall–Kier alpha value is -2.07. The van der Waals surface area contributed by atoms with Crippen LogP contribution in [-0.4, -0.2) is 12.6 Å². The molecule has 1 aliphatic rings. The lowest BCUT2D eigenvalue weighted by molar-refractivity contribution is -0.138. The van der Waals surface area contributed by atoms with E-state index in [4.69, 9.17) is 4.74 Å². The third-order valence-electron chi connectivity index (χ3n) is 3.72. The predicted molar refractivity (Wildman–Crippen MR) is 90.6 cm³/mol. The molecule has 0 unspecified atom stereocenters. The SMILES string of the molecule is CCOC(=O)C1=C(Sc2ccccc2)c2cc(F)ccc2CC1. The van der Waals surface area contributed by atoms with Crippen molar-refractivity contribution in [2.75, 3.05) is 6.61 Å². The highest BCUT2D eigenvalue weighted by Crippen LogP contribution is 2.43. The molecular formula is C19H17FO2S. The molecule has 0 radical (unpaired) electrons. The lowest BCUT2D eigenvalue weighted by Gasteiger charge is -2.22. The molecule has 0 fully saturated rings. The number of aryl methyl sites for hydroxylation is 1. The summed E-state index contributed by atoms with van der Waals surface area (Å²) in [4.78, 5) is 14.1. The summed E-state index contributed by atoms with van der Waals surface area (Å²) >= 11 is 1.49. The van der Waals surface area contributed by atoms with Crippen molar-refractivity contribution in [1.82, 2.24) is 0 Å². The third kappa shape index (κ3) is 3.48. The van der Waals surface area contributed by atoms with Crippen LogP contribution in [0.3, 0.4) is 0 Å². The number of halogens is 1. The molecule has 0 heterocycles. The highest BCUT2D eigenvalue weighted by molar-refractivity contribution is 8.08. The van der Waals surface area contributed by atoms with Crippen molar-refractivity contribution in [2.24, 2.45) is 0 Å². The number of carbonyl (C=O) groups is 1. The van der Waals surface area contributed by atoms with Gasteiger partial charge >= 0.3 is 5.97 Å². The third-order valence-corrected chi connectivity index (χ3v) is 4.90. The van der Waals surface area contributed by atoms with Crippen LogP contribution in [0.4, 0.5) is 4.39 Å². The molecule has 118 valence electrons. The molecule has 0 N–H and O–H groups in total. The molecule has 0 aliphatic heterocycles. The number of hydrogen-bond acceptors (Lipinski definition) is 3. The minimum Gasteiger partial charge on any atom is -0.463 e. The van der Waals surface area contributed by atoms with Gasteiger partial charge in [0.05, 0.1) is 12.2 Å². The zero-order valence-corrected chi connectivity index (χ0v) is 13.7. The minimum absolute atomic E-state index is 0.292. The second kappa shape index (κ2) is 7.01. The van der Waals surface area contributed by atoms with Gasteiger partial charge in [-0.1, -0.05) is 36.0 Å². The van der Waals surface area contributed by atoms with Gasteiger partial charge in [0.2, 0.25) is 0 Å². The molecule has 0 aromatic heterocycles. The second-order valence-electron chi connectivity index (χ2n) is 5.24. The van der Waals surface area contributed by atoms with Gasteiger partial charge in [0.15, 0.2) is 0 Å². The molecule has 2 aromatic rings. The first-order valence-corrected chi connectivity index (χ1v) is 8.42. The van der Waals surface area contributed by atoms with Crippen molar-refractivity contribution < 1.29 is 13.9 Å². The summed E-state index contributed by atoms with van der Waals surface area (Å²) in [7, 11) is 0. The van der Waals surface area contributed by atoms with Crippen molar-refractivity contribution in [2.45, 2.75) is 24.7 Å². The molecule has 0 atom stereocenters. The molecule has 1 aliphatic carbocycles.